The van der Waals surface area contributed by atoms with Crippen LogP contribution >= 0.6 is 7.92 Å². The molecule has 2 fully saturated rings. The van der Waals surface area contributed by atoms with E-state index in [0.29, 0.717) is 15.5 Å². The highest BCUT2D eigenvalue weighted by Crippen LogP contribution is 2.76. The molecule has 2 atom stereocenters. The van der Waals surface area contributed by atoms with Gasteiger partial charge in [0.25, 0.3) is 0 Å². The first-order valence-electron chi connectivity index (χ1n) is 6.66. The van der Waals surface area contributed by atoms with E-state index in [1.807, 2.05) is 0 Å². The van der Waals surface area contributed by atoms with Gasteiger partial charge in [-0.3, -0.25) is 0 Å². The summed E-state index contributed by atoms with van der Waals surface area (Å²) in [5.74, 6) is 0. The van der Waals surface area contributed by atoms with Gasteiger partial charge in [-0.25, -0.2) is 0 Å². The average Bonchev–Trinajstić information content (AvgIpc) is 1.94. The van der Waals surface area contributed by atoms with E-state index in [9.17, 15) is 5.11 Å². The minimum atomic E-state index is -0.0450. The van der Waals surface area contributed by atoms with E-state index in [4.69, 9.17) is 0 Å². The minimum absolute atomic E-state index is 0.00144. The maximum Gasteiger partial charge on any atom is 0.0557 e. The standard InChI is InChI=1S/C14H27OP/c1-12(2,3)16-13(4)7-6-8-14(16,5)10-11(15)9-13/h11,15H,6-10H2,1-5H3. The molecule has 0 spiro atoms. The van der Waals surface area contributed by atoms with Gasteiger partial charge in [0.1, 0.15) is 0 Å². The maximum absolute atomic E-state index is 10.1. The van der Waals surface area contributed by atoms with Crippen LogP contribution in [0.25, 0.3) is 0 Å². The fourth-order valence-corrected chi connectivity index (χ4v) is 10.9. The number of hydrogen-bond donors (Lipinski definition) is 1. The molecule has 2 unspecified atom stereocenters. The summed E-state index contributed by atoms with van der Waals surface area (Å²) < 4.78 is 0. The molecule has 94 valence electrons. The monoisotopic (exact) mass is 242 g/mol. The van der Waals surface area contributed by atoms with Crippen LogP contribution in [-0.4, -0.2) is 26.7 Å². The van der Waals surface area contributed by atoms with E-state index in [0.717, 1.165) is 12.8 Å². The number of fused-ring (bicyclic) bond motifs is 2. The van der Waals surface area contributed by atoms with E-state index in [-0.39, 0.29) is 14.0 Å². The fraction of sp³-hybridized carbons (Fsp3) is 1.00. The maximum atomic E-state index is 10.1. The van der Waals surface area contributed by atoms with E-state index in [2.05, 4.69) is 34.6 Å². The molecule has 2 rings (SSSR count). The summed E-state index contributed by atoms with van der Waals surface area (Å²) in [7, 11) is -0.00144. The Hall–Kier alpha value is 0.390. The van der Waals surface area contributed by atoms with Gasteiger partial charge < -0.3 is 5.11 Å². The van der Waals surface area contributed by atoms with Crippen LogP contribution in [0.15, 0.2) is 0 Å². The molecule has 1 N–H and O–H groups in total. The van der Waals surface area contributed by atoms with Crippen LogP contribution in [0.5, 0.6) is 0 Å². The van der Waals surface area contributed by atoms with Crippen molar-refractivity contribution < 1.29 is 5.11 Å². The first-order valence-corrected chi connectivity index (χ1v) is 8.00. The molecule has 0 aromatic heterocycles. The number of aliphatic hydroxyl groups is 1. The van der Waals surface area contributed by atoms with Gasteiger partial charge >= 0.3 is 0 Å². The van der Waals surface area contributed by atoms with Crippen LogP contribution in [-0.2, 0) is 0 Å². The summed E-state index contributed by atoms with van der Waals surface area (Å²) in [6.07, 6.45) is 6.09. The lowest BCUT2D eigenvalue weighted by molar-refractivity contribution is 0.102. The van der Waals surface area contributed by atoms with Gasteiger partial charge in [-0.1, -0.05) is 49.0 Å². The average molecular weight is 242 g/mol. The van der Waals surface area contributed by atoms with Crippen molar-refractivity contribution >= 4 is 7.92 Å². The first kappa shape index (κ1) is 12.8. The Labute approximate surface area is 102 Å². The molecule has 0 aromatic carbocycles. The topological polar surface area (TPSA) is 20.2 Å². The highest BCUT2D eigenvalue weighted by molar-refractivity contribution is 7.62. The zero-order valence-corrected chi connectivity index (χ0v) is 12.4. The van der Waals surface area contributed by atoms with Crippen LogP contribution in [0.2, 0.25) is 0 Å². The van der Waals surface area contributed by atoms with Gasteiger partial charge in [-0.15, -0.1) is 0 Å². The van der Waals surface area contributed by atoms with Gasteiger partial charge in [0.2, 0.25) is 0 Å². The predicted molar refractivity (Wildman–Crippen MR) is 72.6 cm³/mol. The third-order valence-electron chi connectivity index (χ3n) is 4.53. The van der Waals surface area contributed by atoms with Crippen molar-refractivity contribution in [3.8, 4) is 0 Å². The van der Waals surface area contributed by atoms with Crippen LogP contribution in [0.3, 0.4) is 0 Å². The molecule has 2 bridgehead atoms. The summed E-state index contributed by atoms with van der Waals surface area (Å²) in [6, 6.07) is 0. The molecule has 2 aliphatic heterocycles. The molecule has 16 heavy (non-hydrogen) atoms. The Kier molecular flexibility index (Phi) is 2.96. The summed E-state index contributed by atoms with van der Waals surface area (Å²) in [5, 5.41) is 11.4. The van der Waals surface area contributed by atoms with Crippen molar-refractivity contribution in [1.82, 2.24) is 0 Å². The Bertz CT molecular complexity index is 263. The smallest absolute Gasteiger partial charge is 0.0557 e. The normalized spacial score (nSPS) is 49.1. The SMILES string of the molecule is CC(C)(C)P1C2(C)CCCC1(C)CC(O)C2. The zero-order chi connectivity index (χ0) is 12.2. The summed E-state index contributed by atoms with van der Waals surface area (Å²) in [5.41, 5.74) is 0. The Morgan fingerprint density at radius 1 is 1.06 bits per heavy atom. The molecule has 0 aliphatic carbocycles. The Morgan fingerprint density at radius 2 is 1.50 bits per heavy atom. The van der Waals surface area contributed by atoms with Gasteiger partial charge in [-0.05, 0) is 41.2 Å². The summed E-state index contributed by atoms with van der Waals surface area (Å²) in [6.45, 7) is 12.1. The predicted octanol–water partition coefficient (Wildman–Crippen LogP) is 4.12. The lowest BCUT2D eigenvalue weighted by atomic mass is 9.83. The van der Waals surface area contributed by atoms with Crippen molar-refractivity contribution in [3.05, 3.63) is 0 Å². The lowest BCUT2D eigenvalue weighted by Crippen LogP contribution is -2.52. The van der Waals surface area contributed by atoms with E-state index < -0.39 is 0 Å². The third-order valence-corrected chi connectivity index (χ3v) is 8.85. The third kappa shape index (κ3) is 1.95. The van der Waals surface area contributed by atoms with E-state index in [1.165, 1.54) is 19.3 Å². The Morgan fingerprint density at radius 3 is 1.88 bits per heavy atom. The molecule has 2 aliphatic rings. The molecule has 1 nitrogen and oxygen atoms in total. The van der Waals surface area contributed by atoms with Crippen molar-refractivity contribution in [2.24, 2.45) is 0 Å². The molecule has 0 radical (unpaired) electrons. The molecule has 2 heterocycles. The second-order valence-electron chi connectivity index (χ2n) is 7.42. The van der Waals surface area contributed by atoms with Gasteiger partial charge in [0, 0.05) is 0 Å². The van der Waals surface area contributed by atoms with Crippen LogP contribution in [0.1, 0.15) is 66.7 Å². The van der Waals surface area contributed by atoms with Gasteiger partial charge in [0.15, 0.2) is 0 Å². The van der Waals surface area contributed by atoms with Gasteiger partial charge in [0.05, 0.1) is 6.10 Å². The molecule has 0 amide bonds. The lowest BCUT2D eigenvalue weighted by Gasteiger charge is -2.62. The summed E-state index contributed by atoms with van der Waals surface area (Å²) in [4.78, 5) is 0. The van der Waals surface area contributed by atoms with Crippen molar-refractivity contribution in [2.45, 2.75) is 88.3 Å². The number of rotatable bonds is 0. The molecule has 0 saturated carbocycles. The highest BCUT2D eigenvalue weighted by atomic mass is 31.1. The second-order valence-corrected chi connectivity index (χ2v) is 11.6. The molecule has 2 heteroatoms. The van der Waals surface area contributed by atoms with Crippen LogP contribution in [0, 0.1) is 0 Å². The summed E-state index contributed by atoms with van der Waals surface area (Å²) >= 11 is 0. The molecular formula is C14H27OP. The highest BCUT2D eigenvalue weighted by Gasteiger charge is 2.57. The minimum Gasteiger partial charge on any atom is -0.393 e. The molecule has 0 aromatic rings. The largest absolute Gasteiger partial charge is 0.393 e. The first-order chi connectivity index (χ1) is 7.17. The second kappa shape index (κ2) is 3.69. The van der Waals surface area contributed by atoms with Crippen molar-refractivity contribution in [3.63, 3.8) is 0 Å². The van der Waals surface area contributed by atoms with Crippen LogP contribution < -0.4 is 0 Å². The fourth-order valence-electron chi connectivity index (χ4n) is 4.82. The van der Waals surface area contributed by atoms with Crippen molar-refractivity contribution in [1.29, 1.82) is 0 Å². The number of aliphatic hydroxyl groups excluding tert-OH is 1. The van der Waals surface area contributed by atoms with Crippen molar-refractivity contribution in [2.75, 3.05) is 0 Å². The Balaban J connectivity index is 2.41. The van der Waals surface area contributed by atoms with E-state index >= 15 is 0 Å². The quantitative estimate of drug-likeness (QED) is 0.633. The zero-order valence-electron chi connectivity index (χ0n) is 11.5. The molecular weight excluding hydrogens is 215 g/mol. The number of hydrogen-bond acceptors (Lipinski definition) is 1. The van der Waals surface area contributed by atoms with E-state index in [1.54, 1.807) is 0 Å². The molecule has 2 saturated heterocycles. The van der Waals surface area contributed by atoms with Gasteiger partial charge in [-0.2, -0.15) is 0 Å². The van der Waals surface area contributed by atoms with Crippen LogP contribution in [0.4, 0.5) is 0 Å².